The van der Waals surface area contributed by atoms with Gasteiger partial charge in [0.1, 0.15) is 16.7 Å². The number of benzene rings is 10. The molecule has 2 nitrogen and oxygen atoms in total. The van der Waals surface area contributed by atoms with Gasteiger partial charge >= 0.3 is 0 Å². The number of para-hydroxylation sites is 1. The van der Waals surface area contributed by atoms with E-state index in [0.29, 0.717) is 0 Å². The van der Waals surface area contributed by atoms with Gasteiger partial charge in [-0.1, -0.05) is 164 Å². The van der Waals surface area contributed by atoms with Gasteiger partial charge in [-0.2, -0.15) is 0 Å². The monoisotopic (exact) mass is 794 g/mol. The molecule has 0 radical (unpaired) electrons. The average molecular weight is 795 g/mol. The molecule has 284 valence electrons. The predicted molar refractivity (Wildman–Crippen MR) is 259 cm³/mol. The molecule has 0 unspecified atom stereocenters. The van der Waals surface area contributed by atoms with Crippen molar-refractivity contribution in [1.82, 2.24) is 0 Å². The minimum Gasteiger partial charge on any atom is -0.455 e. The Morgan fingerprint density at radius 2 is 0.918 bits per heavy atom. The maximum absolute atomic E-state index is 7.12. The first-order valence-corrected chi connectivity index (χ1v) is 21.6. The summed E-state index contributed by atoms with van der Waals surface area (Å²) >= 11 is 1.76. The Bertz CT molecular complexity index is 3820. The van der Waals surface area contributed by atoms with E-state index in [0.717, 1.165) is 71.0 Å². The summed E-state index contributed by atoms with van der Waals surface area (Å²) in [5, 5.41) is 12.8. The minimum absolute atomic E-state index is 0.845. The lowest BCUT2D eigenvalue weighted by Crippen LogP contribution is -1.92. The van der Waals surface area contributed by atoms with Crippen molar-refractivity contribution >= 4 is 87.3 Å². The highest BCUT2D eigenvalue weighted by atomic mass is 32.1. The number of thiophene rings is 1. The number of rotatable bonds is 5. The van der Waals surface area contributed by atoms with Gasteiger partial charge in [0.25, 0.3) is 0 Å². The van der Waals surface area contributed by atoms with Crippen LogP contribution in [0.25, 0.3) is 130 Å². The Labute approximate surface area is 355 Å². The highest BCUT2D eigenvalue weighted by molar-refractivity contribution is 7.18. The van der Waals surface area contributed by atoms with Crippen LogP contribution in [0.2, 0.25) is 0 Å². The van der Waals surface area contributed by atoms with Gasteiger partial charge in [0.15, 0.2) is 5.76 Å². The van der Waals surface area contributed by atoms with E-state index in [9.17, 15) is 0 Å². The standard InChI is InChI=1S/C58H34O2S/c1-2-16-37(17-3-1)51-30-31-52(61-51)58-54(46-24-12-13-25-49(46)59-58)40-33-48(56-47-29-28-36-15-6-7-19-41(36)57(47)60-50(56)34-40)55-44-22-10-8-20-42(44)53(43-21-9-11-23-45(43)55)39-27-26-35-14-4-5-18-38(35)32-39/h1-34H. The summed E-state index contributed by atoms with van der Waals surface area (Å²) < 4.78 is 14.0. The zero-order chi connectivity index (χ0) is 40.0. The van der Waals surface area contributed by atoms with Crippen molar-refractivity contribution in [2.45, 2.75) is 0 Å². The molecule has 61 heavy (non-hydrogen) atoms. The number of furan rings is 2. The molecule has 0 N–H and O–H groups in total. The van der Waals surface area contributed by atoms with Crippen LogP contribution >= 0.6 is 11.3 Å². The van der Waals surface area contributed by atoms with Crippen LogP contribution in [0, 0.1) is 0 Å². The van der Waals surface area contributed by atoms with Crippen molar-refractivity contribution in [3.05, 3.63) is 206 Å². The molecule has 3 aromatic heterocycles. The van der Waals surface area contributed by atoms with Crippen molar-refractivity contribution in [2.24, 2.45) is 0 Å². The maximum Gasteiger partial charge on any atom is 0.153 e. The van der Waals surface area contributed by atoms with Crippen LogP contribution in [0.1, 0.15) is 0 Å². The lowest BCUT2D eigenvalue weighted by molar-refractivity contribution is 0.634. The second-order valence-electron chi connectivity index (χ2n) is 15.9. The van der Waals surface area contributed by atoms with Crippen molar-refractivity contribution in [2.75, 3.05) is 0 Å². The molecule has 0 saturated carbocycles. The van der Waals surface area contributed by atoms with E-state index in [4.69, 9.17) is 8.83 Å². The molecule has 0 spiro atoms. The quantitative estimate of drug-likeness (QED) is 0.162. The number of fused-ring (bicyclic) bond motifs is 9. The Morgan fingerprint density at radius 3 is 1.69 bits per heavy atom. The molecular weight excluding hydrogens is 761 g/mol. The fraction of sp³-hybridized carbons (Fsp3) is 0. The van der Waals surface area contributed by atoms with E-state index in [1.165, 1.54) is 59.4 Å². The zero-order valence-corrected chi connectivity index (χ0v) is 33.7. The lowest BCUT2D eigenvalue weighted by atomic mass is 9.83. The molecule has 13 rings (SSSR count). The van der Waals surface area contributed by atoms with E-state index in [2.05, 4.69) is 206 Å². The summed E-state index contributed by atoms with van der Waals surface area (Å²) in [4.78, 5) is 2.28. The van der Waals surface area contributed by atoms with Gasteiger partial charge in [-0.25, -0.2) is 0 Å². The molecule has 13 aromatic rings. The molecule has 0 amide bonds. The van der Waals surface area contributed by atoms with Crippen LogP contribution in [0.15, 0.2) is 215 Å². The molecular formula is C58H34O2S. The molecule has 0 aliphatic carbocycles. The smallest absolute Gasteiger partial charge is 0.153 e. The van der Waals surface area contributed by atoms with Crippen LogP contribution in [0.4, 0.5) is 0 Å². The minimum atomic E-state index is 0.845. The van der Waals surface area contributed by atoms with Gasteiger partial charge in [0, 0.05) is 32.0 Å². The molecule has 0 atom stereocenters. The highest BCUT2D eigenvalue weighted by Crippen LogP contribution is 2.51. The summed E-state index contributed by atoms with van der Waals surface area (Å²) in [6.07, 6.45) is 0. The van der Waals surface area contributed by atoms with E-state index in [1.54, 1.807) is 11.3 Å². The first kappa shape index (κ1) is 34.2. The summed E-state index contributed by atoms with van der Waals surface area (Å²) in [6, 6.07) is 74.4. The summed E-state index contributed by atoms with van der Waals surface area (Å²) in [7, 11) is 0. The Hall–Kier alpha value is -7.72. The Balaban J connectivity index is 1.15. The second kappa shape index (κ2) is 13.4. The third-order valence-corrected chi connectivity index (χ3v) is 13.6. The van der Waals surface area contributed by atoms with Crippen LogP contribution < -0.4 is 0 Å². The molecule has 0 aliphatic rings. The Kier molecular flexibility index (Phi) is 7.51. The van der Waals surface area contributed by atoms with E-state index in [1.807, 2.05) is 0 Å². The van der Waals surface area contributed by atoms with Gasteiger partial charge in [-0.05, 0) is 114 Å². The molecule has 0 aliphatic heterocycles. The van der Waals surface area contributed by atoms with E-state index >= 15 is 0 Å². The Morgan fingerprint density at radius 1 is 0.311 bits per heavy atom. The van der Waals surface area contributed by atoms with Gasteiger partial charge < -0.3 is 8.83 Å². The molecule has 0 saturated heterocycles. The average Bonchev–Trinajstić information content (AvgIpc) is 4.07. The third-order valence-electron chi connectivity index (χ3n) is 12.5. The van der Waals surface area contributed by atoms with Crippen molar-refractivity contribution < 1.29 is 8.83 Å². The fourth-order valence-corrected chi connectivity index (χ4v) is 10.8. The maximum atomic E-state index is 7.12. The fourth-order valence-electron chi connectivity index (χ4n) is 9.77. The normalized spacial score (nSPS) is 11.9. The van der Waals surface area contributed by atoms with Crippen LogP contribution in [0.5, 0.6) is 0 Å². The molecule has 3 heterocycles. The lowest BCUT2D eigenvalue weighted by Gasteiger charge is -2.19. The summed E-state index contributed by atoms with van der Waals surface area (Å²) in [6.45, 7) is 0. The van der Waals surface area contributed by atoms with Crippen molar-refractivity contribution in [3.63, 3.8) is 0 Å². The van der Waals surface area contributed by atoms with Crippen LogP contribution in [-0.2, 0) is 0 Å². The number of hydrogen-bond acceptors (Lipinski definition) is 3. The SMILES string of the molecule is c1ccc(-c2ccc(-c3oc4ccccc4c3-c3cc(-c4c5ccccc5c(-c5ccc6ccccc6c5)c5ccccc45)c4c(c3)oc3c5ccccc5ccc34)s2)cc1. The largest absolute Gasteiger partial charge is 0.455 e. The molecule has 0 fully saturated rings. The van der Waals surface area contributed by atoms with Gasteiger partial charge in [-0.3, -0.25) is 0 Å². The molecule has 0 bridgehead atoms. The third kappa shape index (κ3) is 5.28. The highest BCUT2D eigenvalue weighted by Gasteiger charge is 2.26. The van der Waals surface area contributed by atoms with Gasteiger partial charge in [0.05, 0.1) is 4.88 Å². The van der Waals surface area contributed by atoms with Crippen molar-refractivity contribution in [1.29, 1.82) is 0 Å². The second-order valence-corrected chi connectivity index (χ2v) is 17.0. The number of hydrogen-bond donors (Lipinski definition) is 0. The molecule has 3 heteroatoms. The predicted octanol–water partition coefficient (Wildman–Crippen LogP) is 17.3. The zero-order valence-electron chi connectivity index (χ0n) is 32.9. The van der Waals surface area contributed by atoms with E-state index < -0.39 is 0 Å². The summed E-state index contributed by atoms with van der Waals surface area (Å²) in [5.41, 5.74) is 10.7. The summed E-state index contributed by atoms with van der Waals surface area (Å²) in [5.74, 6) is 0.863. The van der Waals surface area contributed by atoms with Gasteiger partial charge in [0.2, 0.25) is 0 Å². The van der Waals surface area contributed by atoms with Crippen LogP contribution in [0.3, 0.4) is 0 Å². The van der Waals surface area contributed by atoms with Crippen molar-refractivity contribution in [3.8, 4) is 54.5 Å². The first-order chi connectivity index (χ1) is 30.2. The molecule has 10 aromatic carbocycles. The first-order valence-electron chi connectivity index (χ1n) is 20.7. The van der Waals surface area contributed by atoms with Gasteiger partial charge in [-0.15, -0.1) is 11.3 Å². The topological polar surface area (TPSA) is 26.3 Å². The van der Waals surface area contributed by atoms with Crippen LogP contribution in [-0.4, -0.2) is 0 Å². The van der Waals surface area contributed by atoms with E-state index in [-0.39, 0.29) is 0 Å².